The van der Waals surface area contributed by atoms with Gasteiger partial charge in [0, 0.05) is 22.3 Å². The Kier molecular flexibility index (Phi) is 6.80. The fourth-order valence-electron chi connectivity index (χ4n) is 3.01. The molecular weight excluding hydrogens is 388 g/mol. The summed E-state index contributed by atoms with van der Waals surface area (Å²) in [6, 6.07) is 14.7. The van der Waals surface area contributed by atoms with Gasteiger partial charge in [-0.2, -0.15) is 0 Å². The number of nitrogens with zero attached hydrogens (tertiary/aromatic N) is 2. The highest BCUT2D eigenvalue weighted by Gasteiger charge is 2.15. The quantitative estimate of drug-likeness (QED) is 0.615. The largest absolute Gasteiger partial charge is 0.325 e. The fraction of sp³-hybridized carbons (Fsp3) is 0.227. The summed E-state index contributed by atoms with van der Waals surface area (Å²) < 4.78 is 0. The second kappa shape index (κ2) is 9.49. The molecule has 0 atom stereocenters. The van der Waals surface area contributed by atoms with Gasteiger partial charge in [0.05, 0.1) is 24.3 Å². The van der Waals surface area contributed by atoms with Gasteiger partial charge in [-0.25, -0.2) is 0 Å². The van der Waals surface area contributed by atoms with Crippen LogP contribution in [0, 0.1) is 6.92 Å². The van der Waals surface area contributed by atoms with Crippen LogP contribution in [0.25, 0.3) is 10.9 Å². The molecular formula is C22H23ClN4O2. The molecule has 150 valence electrons. The monoisotopic (exact) mass is 410 g/mol. The number of anilines is 2. The Morgan fingerprint density at radius 3 is 2.45 bits per heavy atom. The van der Waals surface area contributed by atoms with E-state index in [-0.39, 0.29) is 24.9 Å². The average Bonchev–Trinajstić information content (AvgIpc) is 2.70. The number of likely N-dealkylation sites (N-methyl/N-ethyl adjacent to an activating group) is 1. The number of rotatable bonds is 7. The van der Waals surface area contributed by atoms with Crippen LogP contribution in [0.2, 0.25) is 5.02 Å². The van der Waals surface area contributed by atoms with Gasteiger partial charge in [0.1, 0.15) is 0 Å². The van der Waals surface area contributed by atoms with Gasteiger partial charge in [0.25, 0.3) is 0 Å². The SMILES string of the molecule is CCN(CC(=O)Nc1cc(Cl)ccc1C)CC(=O)Nc1cccc2ncccc12. The number of benzene rings is 2. The third-order valence-electron chi connectivity index (χ3n) is 4.58. The molecule has 2 N–H and O–H groups in total. The number of carbonyl (C=O) groups is 2. The lowest BCUT2D eigenvalue weighted by Gasteiger charge is -2.20. The van der Waals surface area contributed by atoms with Crippen molar-refractivity contribution in [2.45, 2.75) is 13.8 Å². The molecule has 0 saturated carbocycles. The Bertz CT molecular complexity index is 1030. The van der Waals surface area contributed by atoms with Crippen LogP contribution in [0.5, 0.6) is 0 Å². The summed E-state index contributed by atoms with van der Waals surface area (Å²) in [7, 11) is 0. The first-order valence-corrected chi connectivity index (χ1v) is 9.76. The lowest BCUT2D eigenvalue weighted by atomic mass is 10.2. The van der Waals surface area contributed by atoms with E-state index in [2.05, 4.69) is 15.6 Å². The molecule has 2 amide bonds. The van der Waals surface area contributed by atoms with Gasteiger partial charge in [0.2, 0.25) is 11.8 Å². The predicted octanol–water partition coefficient (Wildman–Crippen LogP) is 4.10. The van der Waals surface area contributed by atoms with Crippen LogP contribution in [-0.2, 0) is 9.59 Å². The van der Waals surface area contributed by atoms with Crippen molar-refractivity contribution in [1.29, 1.82) is 0 Å². The smallest absolute Gasteiger partial charge is 0.238 e. The minimum absolute atomic E-state index is 0.104. The highest BCUT2D eigenvalue weighted by atomic mass is 35.5. The Balaban J connectivity index is 1.61. The number of aryl methyl sites for hydroxylation is 1. The summed E-state index contributed by atoms with van der Waals surface area (Å²) in [5.74, 6) is -0.380. The number of carbonyl (C=O) groups excluding carboxylic acids is 2. The molecule has 0 fully saturated rings. The predicted molar refractivity (Wildman–Crippen MR) is 117 cm³/mol. The molecule has 6 nitrogen and oxygen atoms in total. The first-order valence-electron chi connectivity index (χ1n) is 9.38. The normalized spacial score (nSPS) is 10.9. The number of pyridine rings is 1. The van der Waals surface area contributed by atoms with Gasteiger partial charge in [-0.05, 0) is 55.4 Å². The molecule has 0 bridgehead atoms. The second-order valence-electron chi connectivity index (χ2n) is 6.73. The van der Waals surface area contributed by atoms with Crippen molar-refractivity contribution in [1.82, 2.24) is 9.88 Å². The molecule has 3 aromatic rings. The van der Waals surface area contributed by atoms with Gasteiger partial charge >= 0.3 is 0 Å². The Hall–Kier alpha value is -2.96. The molecule has 0 saturated heterocycles. The molecule has 29 heavy (non-hydrogen) atoms. The topological polar surface area (TPSA) is 74.3 Å². The van der Waals surface area contributed by atoms with Crippen LogP contribution >= 0.6 is 11.6 Å². The lowest BCUT2D eigenvalue weighted by molar-refractivity contribution is -0.119. The van der Waals surface area contributed by atoms with E-state index in [9.17, 15) is 9.59 Å². The molecule has 0 aliphatic rings. The van der Waals surface area contributed by atoms with Crippen molar-refractivity contribution in [2.75, 3.05) is 30.3 Å². The van der Waals surface area contributed by atoms with E-state index >= 15 is 0 Å². The minimum atomic E-state index is -0.195. The van der Waals surface area contributed by atoms with E-state index in [1.165, 1.54) is 0 Å². The first kappa shape index (κ1) is 20.8. The highest BCUT2D eigenvalue weighted by molar-refractivity contribution is 6.31. The summed E-state index contributed by atoms with van der Waals surface area (Å²) >= 11 is 6.00. The van der Waals surface area contributed by atoms with Crippen molar-refractivity contribution in [3.05, 3.63) is 65.3 Å². The molecule has 0 aliphatic heterocycles. The summed E-state index contributed by atoms with van der Waals surface area (Å²) in [5, 5.41) is 7.21. The van der Waals surface area contributed by atoms with E-state index in [1.54, 1.807) is 23.2 Å². The third-order valence-corrected chi connectivity index (χ3v) is 4.81. The van der Waals surface area contributed by atoms with Crippen molar-refractivity contribution in [3.63, 3.8) is 0 Å². The van der Waals surface area contributed by atoms with E-state index in [0.29, 0.717) is 22.9 Å². The molecule has 2 aromatic carbocycles. The highest BCUT2D eigenvalue weighted by Crippen LogP contribution is 2.21. The zero-order valence-corrected chi connectivity index (χ0v) is 17.2. The van der Waals surface area contributed by atoms with Crippen LogP contribution < -0.4 is 10.6 Å². The van der Waals surface area contributed by atoms with Crippen LogP contribution in [0.15, 0.2) is 54.7 Å². The maximum absolute atomic E-state index is 12.5. The minimum Gasteiger partial charge on any atom is -0.325 e. The van der Waals surface area contributed by atoms with Crippen molar-refractivity contribution < 1.29 is 9.59 Å². The zero-order valence-electron chi connectivity index (χ0n) is 16.4. The van der Waals surface area contributed by atoms with Crippen molar-refractivity contribution >= 4 is 45.7 Å². The maximum Gasteiger partial charge on any atom is 0.238 e. The second-order valence-corrected chi connectivity index (χ2v) is 7.17. The van der Waals surface area contributed by atoms with Crippen LogP contribution in [0.1, 0.15) is 12.5 Å². The van der Waals surface area contributed by atoms with Crippen LogP contribution in [0.3, 0.4) is 0 Å². The molecule has 0 radical (unpaired) electrons. The number of fused-ring (bicyclic) bond motifs is 1. The van der Waals surface area contributed by atoms with Crippen LogP contribution in [-0.4, -0.2) is 41.3 Å². The van der Waals surface area contributed by atoms with Crippen molar-refractivity contribution in [3.8, 4) is 0 Å². The molecule has 0 aliphatic carbocycles. The third kappa shape index (κ3) is 5.53. The van der Waals surface area contributed by atoms with E-state index < -0.39 is 0 Å². The molecule has 0 unspecified atom stereocenters. The summed E-state index contributed by atoms with van der Waals surface area (Å²) in [5.41, 5.74) is 3.11. The summed E-state index contributed by atoms with van der Waals surface area (Å²) in [4.78, 5) is 31.0. The van der Waals surface area contributed by atoms with E-state index in [0.717, 1.165) is 16.5 Å². The Labute approximate surface area is 174 Å². The van der Waals surface area contributed by atoms with Crippen molar-refractivity contribution in [2.24, 2.45) is 0 Å². The lowest BCUT2D eigenvalue weighted by Crippen LogP contribution is -2.38. The summed E-state index contributed by atoms with van der Waals surface area (Å²) in [6.07, 6.45) is 1.72. The van der Waals surface area contributed by atoms with Gasteiger partial charge in [-0.1, -0.05) is 30.7 Å². The molecule has 3 rings (SSSR count). The van der Waals surface area contributed by atoms with E-state index in [4.69, 9.17) is 11.6 Å². The molecule has 7 heteroatoms. The number of amides is 2. The molecule has 1 heterocycles. The number of halogens is 1. The number of hydrogen-bond donors (Lipinski definition) is 2. The van der Waals surface area contributed by atoms with Gasteiger partial charge < -0.3 is 10.6 Å². The maximum atomic E-state index is 12.5. The van der Waals surface area contributed by atoms with Gasteiger partial charge in [-0.3, -0.25) is 19.5 Å². The molecule has 1 aromatic heterocycles. The first-order chi connectivity index (χ1) is 14.0. The average molecular weight is 411 g/mol. The van der Waals surface area contributed by atoms with Gasteiger partial charge in [-0.15, -0.1) is 0 Å². The number of nitrogens with one attached hydrogen (secondary N) is 2. The zero-order chi connectivity index (χ0) is 20.8. The Morgan fingerprint density at radius 2 is 1.72 bits per heavy atom. The Morgan fingerprint density at radius 1 is 1.00 bits per heavy atom. The van der Waals surface area contributed by atoms with Gasteiger partial charge in [0.15, 0.2) is 0 Å². The van der Waals surface area contributed by atoms with Crippen LogP contribution in [0.4, 0.5) is 11.4 Å². The van der Waals surface area contributed by atoms with E-state index in [1.807, 2.05) is 50.2 Å². The fourth-order valence-corrected chi connectivity index (χ4v) is 3.18. The number of aromatic nitrogens is 1. The summed E-state index contributed by atoms with van der Waals surface area (Å²) in [6.45, 7) is 4.58. The standard InChI is InChI=1S/C22H23ClN4O2/c1-3-27(14-22(29)26-20-12-16(23)10-9-15(20)2)13-21(28)25-19-8-4-7-18-17(19)6-5-11-24-18/h4-12H,3,13-14H2,1-2H3,(H,25,28)(H,26,29). The molecule has 0 spiro atoms. The number of hydrogen-bond acceptors (Lipinski definition) is 4.